The van der Waals surface area contributed by atoms with Crippen LogP contribution in [0.15, 0.2) is 18.2 Å². The summed E-state index contributed by atoms with van der Waals surface area (Å²) in [6.07, 6.45) is 0.630. The molecular weight excluding hydrogens is 259 g/mol. The molecule has 0 aliphatic rings. The first-order chi connectivity index (χ1) is 9.43. The summed E-state index contributed by atoms with van der Waals surface area (Å²) in [6.45, 7) is 6.66. The van der Waals surface area contributed by atoms with Crippen molar-refractivity contribution in [3.63, 3.8) is 0 Å². The number of halogens is 1. The summed E-state index contributed by atoms with van der Waals surface area (Å²) in [6, 6.07) is 4.85. The van der Waals surface area contributed by atoms with E-state index in [1.165, 1.54) is 6.07 Å². The van der Waals surface area contributed by atoms with Gasteiger partial charge in [0.2, 0.25) is 5.91 Å². The number of nitrogens with one attached hydrogen (secondary N) is 1. The summed E-state index contributed by atoms with van der Waals surface area (Å²) in [7, 11) is 0. The number of carbonyl (C=O) groups excluding carboxylic acids is 1. The first-order valence-corrected chi connectivity index (χ1v) is 6.85. The highest BCUT2D eigenvalue weighted by Crippen LogP contribution is 2.13. The zero-order valence-corrected chi connectivity index (χ0v) is 12.3. The zero-order valence-electron chi connectivity index (χ0n) is 12.3. The predicted molar refractivity (Wildman–Crippen MR) is 78.2 cm³/mol. The van der Waals surface area contributed by atoms with E-state index in [-0.39, 0.29) is 30.9 Å². The number of carbonyl (C=O) groups is 1. The van der Waals surface area contributed by atoms with Crippen LogP contribution < -0.4 is 5.32 Å². The standard InChI is InChI=1S/C15H23FN2O2/c1-11(2)18(7-4-8-19)10-15(20)17-13-6-5-12(3)14(16)9-13/h5-6,9,11,19H,4,7-8,10H2,1-3H3,(H,17,20). The number of hydrogen-bond acceptors (Lipinski definition) is 3. The van der Waals surface area contributed by atoms with Gasteiger partial charge >= 0.3 is 0 Å². The fourth-order valence-corrected chi connectivity index (χ4v) is 1.85. The summed E-state index contributed by atoms with van der Waals surface area (Å²) < 4.78 is 13.4. The number of benzene rings is 1. The summed E-state index contributed by atoms with van der Waals surface area (Å²) in [5.41, 5.74) is 1.01. The Kier molecular flexibility index (Phi) is 6.61. The number of aryl methyl sites for hydroxylation is 1. The maximum atomic E-state index is 13.4. The molecule has 0 saturated heterocycles. The average Bonchev–Trinajstić information content (AvgIpc) is 2.38. The number of amides is 1. The van der Waals surface area contributed by atoms with Crippen molar-refractivity contribution < 1.29 is 14.3 Å². The quantitative estimate of drug-likeness (QED) is 0.806. The summed E-state index contributed by atoms with van der Waals surface area (Å²) in [5.74, 6) is -0.510. The van der Waals surface area contributed by atoms with Gasteiger partial charge in [0.25, 0.3) is 0 Å². The summed E-state index contributed by atoms with van der Waals surface area (Å²) in [5, 5.41) is 11.5. The molecule has 0 fully saturated rings. The monoisotopic (exact) mass is 282 g/mol. The highest BCUT2D eigenvalue weighted by Gasteiger charge is 2.14. The maximum absolute atomic E-state index is 13.4. The number of nitrogens with zero attached hydrogens (tertiary/aromatic N) is 1. The highest BCUT2D eigenvalue weighted by molar-refractivity contribution is 5.92. The highest BCUT2D eigenvalue weighted by atomic mass is 19.1. The molecule has 1 amide bonds. The molecule has 0 aliphatic heterocycles. The predicted octanol–water partition coefficient (Wildman–Crippen LogP) is 2.17. The molecule has 2 N–H and O–H groups in total. The van der Waals surface area contributed by atoms with Gasteiger partial charge in [-0.15, -0.1) is 0 Å². The first-order valence-electron chi connectivity index (χ1n) is 6.85. The van der Waals surface area contributed by atoms with Gasteiger partial charge < -0.3 is 10.4 Å². The minimum Gasteiger partial charge on any atom is -0.396 e. The molecular formula is C15H23FN2O2. The molecule has 5 heteroatoms. The van der Waals surface area contributed by atoms with Crippen LogP contribution in [0.3, 0.4) is 0 Å². The Morgan fingerprint density at radius 1 is 1.45 bits per heavy atom. The number of rotatable bonds is 7. The normalized spacial score (nSPS) is 11.2. The molecule has 112 valence electrons. The number of aliphatic hydroxyl groups excluding tert-OH is 1. The van der Waals surface area contributed by atoms with Gasteiger partial charge in [-0.25, -0.2) is 4.39 Å². The van der Waals surface area contributed by atoms with Crippen LogP contribution in [-0.4, -0.2) is 41.7 Å². The van der Waals surface area contributed by atoms with Crippen molar-refractivity contribution in [3.8, 4) is 0 Å². The van der Waals surface area contributed by atoms with Crippen molar-refractivity contribution in [3.05, 3.63) is 29.6 Å². The molecule has 0 saturated carbocycles. The van der Waals surface area contributed by atoms with E-state index in [4.69, 9.17) is 5.11 Å². The van der Waals surface area contributed by atoms with Crippen molar-refractivity contribution in [2.75, 3.05) is 25.0 Å². The van der Waals surface area contributed by atoms with Crippen LogP contribution in [0.1, 0.15) is 25.8 Å². The van der Waals surface area contributed by atoms with Crippen molar-refractivity contribution >= 4 is 11.6 Å². The third-order valence-corrected chi connectivity index (χ3v) is 3.14. The Balaban J connectivity index is 2.58. The Labute approximate surface area is 119 Å². The minimum absolute atomic E-state index is 0.105. The third kappa shape index (κ3) is 5.27. The van der Waals surface area contributed by atoms with E-state index >= 15 is 0 Å². The van der Waals surface area contributed by atoms with Gasteiger partial charge in [-0.2, -0.15) is 0 Å². The molecule has 1 rings (SSSR count). The fourth-order valence-electron chi connectivity index (χ4n) is 1.85. The van der Waals surface area contributed by atoms with Gasteiger partial charge in [0.1, 0.15) is 5.82 Å². The van der Waals surface area contributed by atoms with Crippen LogP contribution in [-0.2, 0) is 4.79 Å². The molecule has 0 aliphatic carbocycles. The van der Waals surface area contributed by atoms with Crippen molar-refractivity contribution in [2.24, 2.45) is 0 Å². The van der Waals surface area contributed by atoms with Crippen LogP contribution in [0, 0.1) is 12.7 Å². The number of hydrogen-bond donors (Lipinski definition) is 2. The molecule has 20 heavy (non-hydrogen) atoms. The second kappa shape index (κ2) is 7.97. The second-order valence-electron chi connectivity index (χ2n) is 5.15. The molecule has 0 spiro atoms. The Bertz CT molecular complexity index is 449. The van der Waals surface area contributed by atoms with Crippen molar-refractivity contribution in [1.82, 2.24) is 4.90 Å². The number of aliphatic hydroxyl groups is 1. The SMILES string of the molecule is Cc1ccc(NC(=O)CN(CCCO)C(C)C)cc1F. The van der Waals surface area contributed by atoms with E-state index < -0.39 is 0 Å². The van der Waals surface area contributed by atoms with Gasteiger partial charge in [-0.3, -0.25) is 9.69 Å². The molecule has 0 bridgehead atoms. The lowest BCUT2D eigenvalue weighted by Crippen LogP contribution is -2.39. The van der Waals surface area contributed by atoms with E-state index in [2.05, 4.69) is 5.32 Å². The average molecular weight is 282 g/mol. The molecule has 0 atom stereocenters. The van der Waals surface area contributed by atoms with E-state index in [1.807, 2.05) is 18.7 Å². The third-order valence-electron chi connectivity index (χ3n) is 3.14. The van der Waals surface area contributed by atoms with E-state index in [0.29, 0.717) is 24.2 Å². The lowest BCUT2D eigenvalue weighted by atomic mass is 10.2. The molecule has 0 radical (unpaired) electrons. The molecule has 1 aromatic carbocycles. The molecule has 0 unspecified atom stereocenters. The van der Waals surface area contributed by atoms with Gasteiger partial charge in [0.15, 0.2) is 0 Å². The summed E-state index contributed by atoms with van der Waals surface area (Å²) >= 11 is 0. The Morgan fingerprint density at radius 3 is 2.70 bits per heavy atom. The van der Waals surface area contributed by atoms with E-state index in [9.17, 15) is 9.18 Å². The van der Waals surface area contributed by atoms with Crippen LogP contribution in [0.4, 0.5) is 10.1 Å². The van der Waals surface area contributed by atoms with Crippen LogP contribution in [0.2, 0.25) is 0 Å². The Hall–Kier alpha value is -1.46. The lowest BCUT2D eigenvalue weighted by molar-refractivity contribution is -0.117. The molecule has 0 heterocycles. The second-order valence-corrected chi connectivity index (χ2v) is 5.15. The van der Waals surface area contributed by atoms with E-state index in [1.54, 1.807) is 19.1 Å². The largest absolute Gasteiger partial charge is 0.396 e. The Morgan fingerprint density at radius 2 is 2.15 bits per heavy atom. The lowest BCUT2D eigenvalue weighted by Gasteiger charge is -2.25. The van der Waals surface area contributed by atoms with Gasteiger partial charge in [-0.05, 0) is 44.9 Å². The maximum Gasteiger partial charge on any atom is 0.238 e. The fraction of sp³-hybridized carbons (Fsp3) is 0.533. The molecule has 4 nitrogen and oxygen atoms in total. The van der Waals surface area contributed by atoms with Crippen LogP contribution in [0.5, 0.6) is 0 Å². The van der Waals surface area contributed by atoms with Crippen molar-refractivity contribution in [2.45, 2.75) is 33.2 Å². The first kappa shape index (κ1) is 16.6. The van der Waals surface area contributed by atoms with Gasteiger partial charge in [0, 0.05) is 24.9 Å². The minimum atomic E-state index is -0.330. The van der Waals surface area contributed by atoms with E-state index in [0.717, 1.165) is 0 Å². The topological polar surface area (TPSA) is 52.6 Å². The number of anilines is 1. The van der Waals surface area contributed by atoms with Crippen LogP contribution >= 0.6 is 0 Å². The van der Waals surface area contributed by atoms with Crippen LogP contribution in [0.25, 0.3) is 0 Å². The molecule has 0 aromatic heterocycles. The van der Waals surface area contributed by atoms with Crippen molar-refractivity contribution in [1.29, 1.82) is 0 Å². The summed E-state index contributed by atoms with van der Waals surface area (Å²) in [4.78, 5) is 13.9. The van der Waals surface area contributed by atoms with Gasteiger partial charge in [0.05, 0.1) is 6.54 Å². The zero-order chi connectivity index (χ0) is 15.1. The molecule has 1 aromatic rings. The smallest absolute Gasteiger partial charge is 0.238 e. The van der Waals surface area contributed by atoms with Gasteiger partial charge in [-0.1, -0.05) is 6.07 Å².